The topological polar surface area (TPSA) is 95.5 Å². The van der Waals surface area contributed by atoms with E-state index in [1.165, 1.54) is 6.07 Å². The molecule has 0 aliphatic heterocycles. The van der Waals surface area contributed by atoms with E-state index in [9.17, 15) is 17.9 Å². The Labute approximate surface area is 120 Å². The Morgan fingerprint density at radius 3 is 2.69 bits per heavy atom. The first kappa shape index (κ1) is 16.8. The van der Waals surface area contributed by atoms with Crippen molar-refractivity contribution in [3.63, 3.8) is 0 Å². The fourth-order valence-electron chi connectivity index (χ4n) is 0.716. The van der Waals surface area contributed by atoms with Crippen LogP contribution in [0.2, 0.25) is 0 Å². The van der Waals surface area contributed by atoms with Crippen LogP contribution in [0.25, 0.3) is 0 Å². The minimum absolute atomic E-state index is 0. The van der Waals surface area contributed by atoms with Gasteiger partial charge in [-0.15, -0.1) is 11.3 Å². The summed E-state index contributed by atoms with van der Waals surface area (Å²) in [6.07, 6.45) is -0.746. The van der Waals surface area contributed by atoms with E-state index in [1.54, 1.807) is 11.4 Å². The van der Waals surface area contributed by atoms with Gasteiger partial charge in [-0.3, -0.25) is 0 Å². The van der Waals surface area contributed by atoms with Crippen LogP contribution in [0.5, 0.6) is 0 Å². The Bertz CT molecular complexity index is 459. The molecule has 1 unspecified atom stereocenters. The van der Waals surface area contributed by atoms with Crippen LogP contribution in [0, 0.1) is 0 Å². The summed E-state index contributed by atoms with van der Waals surface area (Å²) in [4.78, 5) is 10.9. The summed E-state index contributed by atoms with van der Waals surface area (Å²) in [5.41, 5.74) is 0. The Hall–Kier alpha value is 0.760. The molecule has 1 atom stereocenters. The zero-order valence-corrected chi connectivity index (χ0v) is 13.3. The molecule has 0 aromatic carbocycles. The first-order chi connectivity index (χ1) is 6.87. The summed E-state index contributed by atoms with van der Waals surface area (Å²) in [6, 6.07) is 2.95. The van der Waals surface area contributed by atoms with Gasteiger partial charge >= 0.3 is 29.6 Å². The Morgan fingerprint density at radius 2 is 2.25 bits per heavy atom. The van der Waals surface area contributed by atoms with Crippen molar-refractivity contribution in [3.8, 4) is 0 Å². The van der Waals surface area contributed by atoms with Crippen molar-refractivity contribution in [3.05, 3.63) is 17.5 Å². The monoisotopic (exact) mass is 293 g/mol. The smallest absolute Gasteiger partial charge is 0.778 e. The van der Waals surface area contributed by atoms with Crippen LogP contribution in [0.4, 0.5) is 0 Å². The van der Waals surface area contributed by atoms with E-state index in [-0.39, 0.29) is 33.8 Å². The Balaban J connectivity index is 0.00000225. The van der Waals surface area contributed by atoms with Crippen molar-refractivity contribution in [2.45, 2.75) is 4.21 Å². The van der Waals surface area contributed by atoms with Gasteiger partial charge < -0.3 is 14.0 Å². The van der Waals surface area contributed by atoms with Crippen LogP contribution >= 0.6 is 18.9 Å². The molecule has 1 N–H and O–H groups in total. The van der Waals surface area contributed by atoms with Crippen molar-refractivity contribution in [1.82, 2.24) is 4.72 Å². The second kappa shape index (κ2) is 6.63. The predicted octanol–water partition coefficient (Wildman–Crippen LogP) is -2.81. The summed E-state index contributed by atoms with van der Waals surface area (Å²) in [7, 11) is -6.87. The fourth-order valence-corrected chi connectivity index (χ4v) is 3.86. The summed E-state index contributed by atoms with van der Waals surface area (Å²) in [6.45, 7) is 0. The van der Waals surface area contributed by atoms with Gasteiger partial charge in [0.05, 0.1) is 6.29 Å². The normalized spacial score (nSPS) is 15.1. The third kappa shape index (κ3) is 4.95. The number of sulfonamides is 1. The maximum absolute atomic E-state index is 11.4. The van der Waals surface area contributed by atoms with E-state index in [1.807, 2.05) is 4.72 Å². The van der Waals surface area contributed by atoms with E-state index in [0.717, 1.165) is 18.4 Å². The molecule has 10 heteroatoms. The first-order valence-electron chi connectivity index (χ1n) is 3.76. The molecule has 86 valence electrons. The molecule has 0 fully saturated rings. The molecule has 0 aliphatic rings. The van der Waals surface area contributed by atoms with Crippen molar-refractivity contribution in [2.24, 2.45) is 0 Å². The van der Waals surface area contributed by atoms with Gasteiger partial charge in [-0.2, -0.15) is 0 Å². The van der Waals surface area contributed by atoms with E-state index in [4.69, 9.17) is 0 Å². The van der Waals surface area contributed by atoms with Crippen molar-refractivity contribution in [1.29, 1.82) is 0 Å². The summed E-state index contributed by atoms with van der Waals surface area (Å²) >= 11 is 1.01. The Kier molecular flexibility index (Phi) is 6.94. The molecule has 0 aliphatic carbocycles. The van der Waals surface area contributed by atoms with Gasteiger partial charge in [-0.1, -0.05) is 6.07 Å². The Morgan fingerprint density at radius 1 is 1.62 bits per heavy atom. The van der Waals surface area contributed by atoms with Crippen LogP contribution < -0.4 is 39.2 Å². The molecule has 1 rings (SSSR count). The second-order valence-electron chi connectivity index (χ2n) is 2.53. The van der Waals surface area contributed by atoms with E-state index in [0.29, 0.717) is 0 Å². The van der Waals surface area contributed by atoms with Crippen molar-refractivity contribution in [2.75, 3.05) is 13.4 Å². The van der Waals surface area contributed by atoms with Crippen LogP contribution in [-0.4, -0.2) is 21.8 Å². The molecule has 1 aromatic heterocycles. The van der Waals surface area contributed by atoms with Crippen LogP contribution in [0.3, 0.4) is 0 Å². The largest absolute Gasteiger partial charge is 1.00 e. The minimum Gasteiger partial charge on any atom is -0.778 e. The zero-order valence-electron chi connectivity index (χ0n) is 8.74. The minimum atomic E-state index is -4.11. The second-order valence-corrected chi connectivity index (χ2v) is 7.38. The van der Waals surface area contributed by atoms with Gasteiger partial charge in [-0.05, 0) is 11.4 Å². The summed E-state index contributed by atoms with van der Waals surface area (Å²) in [5, 5.41) is 1.58. The molecule has 0 amide bonds. The SMILES string of the molecule is COP(=O)([O-])CNS(=O)(=O)c1cccs1.[Na+]. The van der Waals surface area contributed by atoms with E-state index >= 15 is 0 Å². The first-order valence-corrected chi connectivity index (χ1v) is 7.85. The van der Waals surface area contributed by atoms with Crippen LogP contribution in [0.15, 0.2) is 21.7 Å². The molecular weight excluding hydrogens is 284 g/mol. The maximum Gasteiger partial charge on any atom is 1.00 e. The van der Waals surface area contributed by atoms with Crippen molar-refractivity contribution >= 4 is 29.0 Å². The van der Waals surface area contributed by atoms with Gasteiger partial charge in [0.25, 0.3) is 10.0 Å². The van der Waals surface area contributed by atoms with Gasteiger partial charge in [0.2, 0.25) is 0 Å². The van der Waals surface area contributed by atoms with Crippen LogP contribution in [-0.2, 0) is 19.1 Å². The molecule has 16 heavy (non-hydrogen) atoms. The molecule has 0 saturated carbocycles. The summed E-state index contributed by atoms with van der Waals surface area (Å²) in [5.74, 6) is 0. The molecule has 0 radical (unpaired) electrons. The third-order valence-corrected chi connectivity index (χ3v) is 5.60. The predicted molar refractivity (Wildman–Crippen MR) is 54.1 cm³/mol. The standard InChI is InChI=1S/C6H10NO5PS2.Na/c1-12-13(8,9)5-7-15(10,11)6-3-2-4-14-6;/h2-4,7H,5H2,1H3,(H,8,9);/q;+1/p-1. The molecular formula is C6H9NNaO5PS2. The maximum atomic E-state index is 11.4. The van der Waals surface area contributed by atoms with E-state index in [2.05, 4.69) is 4.52 Å². The number of thiophene rings is 1. The van der Waals surface area contributed by atoms with Gasteiger partial charge in [-0.25, -0.2) is 13.1 Å². The van der Waals surface area contributed by atoms with Gasteiger partial charge in [0.15, 0.2) is 0 Å². The molecule has 0 bridgehead atoms. The molecule has 1 heterocycles. The number of rotatable bonds is 5. The zero-order chi connectivity index (χ0) is 11.5. The van der Waals surface area contributed by atoms with E-state index < -0.39 is 23.9 Å². The molecule has 1 aromatic rings. The van der Waals surface area contributed by atoms with Crippen molar-refractivity contribution < 1.29 is 52.0 Å². The van der Waals surface area contributed by atoms with Crippen LogP contribution in [0.1, 0.15) is 0 Å². The number of nitrogens with one attached hydrogen (secondary N) is 1. The van der Waals surface area contributed by atoms with Gasteiger partial charge in [0.1, 0.15) is 11.8 Å². The fraction of sp³-hybridized carbons (Fsp3) is 0.333. The third-order valence-electron chi connectivity index (χ3n) is 1.49. The van der Waals surface area contributed by atoms with Gasteiger partial charge in [0, 0.05) is 7.11 Å². The summed E-state index contributed by atoms with van der Waals surface area (Å²) < 4.78 is 39.9. The number of hydrogen-bond acceptors (Lipinski definition) is 6. The quantitative estimate of drug-likeness (QED) is 0.467. The average Bonchev–Trinajstić information content (AvgIpc) is 2.69. The molecule has 0 saturated heterocycles. The average molecular weight is 293 g/mol. The molecule has 0 spiro atoms. The molecule has 6 nitrogen and oxygen atoms in total. The number of hydrogen-bond donors (Lipinski definition) is 1.